The number of nitrogens with one attached hydrogen (secondary N) is 3. The molecule has 5 rings (SSSR count). The van der Waals surface area contributed by atoms with Crippen molar-refractivity contribution in [2.24, 2.45) is 0 Å². The number of benzene rings is 2. The van der Waals surface area contributed by atoms with E-state index in [0.717, 1.165) is 41.9 Å². The van der Waals surface area contributed by atoms with Crippen molar-refractivity contribution in [3.8, 4) is 22.4 Å². The number of nitrogens with zero attached hydrogens (tertiary/aromatic N) is 4. The fourth-order valence-electron chi connectivity index (χ4n) is 5.21. The molecule has 2 aromatic heterocycles. The van der Waals surface area contributed by atoms with E-state index >= 15 is 0 Å². The summed E-state index contributed by atoms with van der Waals surface area (Å²) in [5, 5.41) is 13.1. The zero-order valence-corrected chi connectivity index (χ0v) is 26.5. The molecule has 4 aromatic rings. The number of amides is 3. The van der Waals surface area contributed by atoms with E-state index in [1.54, 1.807) is 13.0 Å². The minimum Gasteiger partial charge on any atom is -0.355 e. The lowest BCUT2D eigenvalue weighted by Gasteiger charge is -2.14. The van der Waals surface area contributed by atoms with Gasteiger partial charge in [-0.15, -0.1) is 0 Å². The Labute approximate surface area is 271 Å². The van der Waals surface area contributed by atoms with E-state index in [9.17, 15) is 14.4 Å². The summed E-state index contributed by atoms with van der Waals surface area (Å²) in [7, 11) is 0. The van der Waals surface area contributed by atoms with Crippen molar-refractivity contribution in [3.63, 3.8) is 0 Å². The van der Waals surface area contributed by atoms with Gasteiger partial charge in [0.1, 0.15) is 5.69 Å². The molecule has 45 heavy (non-hydrogen) atoms. The van der Waals surface area contributed by atoms with E-state index in [1.807, 2.05) is 48.5 Å². The number of urea groups is 1. The quantitative estimate of drug-likeness (QED) is 0.181. The maximum Gasteiger partial charge on any atom is 0.323 e. The molecule has 2 aromatic carbocycles. The van der Waals surface area contributed by atoms with Gasteiger partial charge in [0.15, 0.2) is 0 Å². The standard InChI is InChI=1S/C33H35Cl2N7O3/c1-2-42-32(44)29(38-33(45)39-31-26(34)20-36-21-27(31)35)19-28(40-42)25-7-5-6-24(18-25)23-11-8-22(9-12-23)10-13-30(43)37-14-17-41-15-3-4-16-41/h5-9,11-12,18-21H,2-4,10,13-17H2,1H3,(H,37,43)(H2,36,38,39,45). The number of halogens is 2. The van der Waals surface area contributed by atoms with Gasteiger partial charge >= 0.3 is 6.03 Å². The second kappa shape index (κ2) is 15.2. The van der Waals surface area contributed by atoms with Gasteiger partial charge in [0, 0.05) is 44.0 Å². The number of rotatable bonds is 11. The predicted octanol–water partition coefficient (Wildman–Crippen LogP) is 6.09. The smallest absolute Gasteiger partial charge is 0.323 e. The van der Waals surface area contributed by atoms with Crippen LogP contribution in [-0.2, 0) is 17.8 Å². The average molecular weight is 649 g/mol. The molecular formula is C33H35Cl2N7O3. The SMILES string of the molecule is CCn1nc(-c2cccc(-c3ccc(CCC(=O)NCCN4CCCC4)cc3)c2)cc(NC(=O)Nc2c(Cl)cncc2Cl)c1=O. The Hall–Kier alpha value is -4.25. The molecular weight excluding hydrogens is 613 g/mol. The molecule has 10 nitrogen and oxygen atoms in total. The summed E-state index contributed by atoms with van der Waals surface area (Å²) in [5.41, 5.74) is 4.13. The van der Waals surface area contributed by atoms with E-state index < -0.39 is 11.6 Å². The van der Waals surface area contributed by atoms with Crippen LogP contribution in [0.5, 0.6) is 0 Å². The van der Waals surface area contributed by atoms with Crippen molar-refractivity contribution in [2.75, 3.05) is 36.8 Å². The summed E-state index contributed by atoms with van der Waals surface area (Å²) >= 11 is 12.2. The number of pyridine rings is 1. The minimum absolute atomic E-state index is 0.0514. The Morgan fingerprint density at radius 3 is 2.33 bits per heavy atom. The van der Waals surface area contributed by atoms with Crippen LogP contribution in [0.15, 0.2) is 71.8 Å². The van der Waals surface area contributed by atoms with Crippen LogP contribution in [0.1, 0.15) is 31.7 Å². The number of aromatic nitrogens is 3. The van der Waals surface area contributed by atoms with Gasteiger partial charge < -0.3 is 20.9 Å². The lowest BCUT2D eigenvalue weighted by Crippen LogP contribution is -2.33. The fourth-order valence-corrected chi connectivity index (χ4v) is 5.67. The van der Waals surface area contributed by atoms with Crippen LogP contribution < -0.4 is 21.5 Å². The molecule has 1 fully saturated rings. The highest BCUT2D eigenvalue weighted by Crippen LogP contribution is 2.29. The number of hydrogen-bond acceptors (Lipinski definition) is 6. The summed E-state index contributed by atoms with van der Waals surface area (Å²) in [6.07, 6.45) is 6.32. The van der Waals surface area contributed by atoms with Gasteiger partial charge in [0.05, 0.1) is 21.4 Å². The van der Waals surface area contributed by atoms with Gasteiger partial charge in [-0.3, -0.25) is 14.6 Å². The van der Waals surface area contributed by atoms with Gasteiger partial charge in [0.2, 0.25) is 5.91 Å². The fraction of sp³-hybridized carbons (Fsp3) is 0.303. The van der Waals surface area contributed by atoms with Crippen LogP contribution in [0.3, 0.4) is 0 Å². The molecule has 12 heteroatoms. The second-order valence-corrected chi connectivity index (χ2v) is 11.6. The molecule has 3 N–H and O–H groups in total. The van der Waals surface area contributed by atoms with Gasteiger partial charge in [0.25, 0.3) is 5.56 Å². The normalized spacial score (nSPS) is 13.0. The third kappa shape index (κ3) is 8.48. The maximum absolute atomic E-state index is 13.0. The molecule has 234 valence electrons. The van der Waals surface area contributed by atoms with Crippen LogP contribution in [0.2, 0.25) is 10.0 Å². The van der Waals surface area contributed by atoms with Crippen molar-refractivity contribution >= 4 is 46.5 Å². The first kappa shape index (κ1) is 32.2. The number of aryl methyl sites for hydroxylation is 2. The second-order valence-electron chi connectivity index (χ2n) is 10.8. The average Bonchev–Trinajstić information content (AvgIpc) is 3.57. The third-order valence-corrected chi connectivity index (χ3v) is 8.22. The van der Waals surface area contributed by atoms with E-state index in [1.165, 1.54) is 29.9 Å². The van der Waals surface area contributed by atoms with Crippen LogP contribution in [0.25, 0.3) is 22.4 Å². The Balaban J connectivity index is 1.25. The molecule has 0 aliphatic carbocycles. The molecule has 0 atom stereocenters. The molecule has 0 bridgehead atoms. The Morgan fingerprint density at radius 2 is 1.62 bits per heavy atom. The van der Waals surface area contributed by atoms with Crippen molar-refractivity contribution < 1.29 is 9.59 Å². The predicted molar refractivity (Wildman–Crippen MR) is 179 cm³/mol. The Bertz CT molecular complexity index is 1700. The number of hydrogen-bond donors (Lipinski definition) is 3. The number of likely N-dealkylation sites (tertiary alicyclic amines) is 1. The highest BCUT2D eigenvalue weighted by molar-refractivity contribution is 6.39. The molecule has 0 unspecified atom stereocenters. The first-order valence-electron chi connectivity index (χ1n) is 15.0. The Morgan fingerprint density at radius 1 is 0.911 bits per heavy atom. The van der Waals surface area contributed by atoms with E-state index in [2.05, 4.69) is 30.9 Å². The summed E-state index contributed by atoms with van der Waals surface area (Å²) in [6, 6.07) is 16.8. The zero-order valence-electron chi connectivity index (χ0n) is 25.0. The number of carbonyl (C=O) groups excluding carboxylic acids is 2. The summed E-state index contributed by atoms with van der Waals surface area (Å²) in [4.78, 5) is 44.3. The number of carbonyl (C=O) groups is 2. The minimum atomic E-state index is -0.685. The van der Waals surface area contributed by atoms with Crippen molar-refractivity contribution in [3.05, 3.63) is 93.0 Å². The Kier molecular flexibility index (Phi) is 10.8. The first-order valence-corrected chi connectivity index (χ1v) is 15.7. The van der Waals surface area contributed by atoms with Crippen LogP contribution in [0, 0.1) is 0 Å². The third-order valence-electron chi connectivity index (χ3n) is 7.65. The lowest BCUT2D eigenvalue weighted by molar-refractivity contribution is -0.121. The van der Waals surface area contributed by atoms with Crippen molar-refractivity contribution in [1.29, 1.82) is 0 Å². The lowest BCUT2D eigenvalue weighted by atomic mass is 9.99. The van der Waals surface area contributed by atoms with Crippen molar-refractivity contribution in [1.82, 2.24) is 25.0 Å². The highest BCUT2D eigenvalue weighted by Gasteiger charge is 2.16. The summed E-state index contributed by atoms with van der Waals surface area (Å²) in [5.74, 6) is 0.0724. The first-order chi connectivity index (χ1) is 21.8. The van der Waals surface area contributed by atoms with Crippen LogP contribution in [-0.4, -0.2) is 57.8 Å². The van der Waals surface area contributed by atoms with Crippen LogP contribution in [0.4, 0.5) is 16.2 Å². The van der Waals surface area contributed by atoms with Gasteiger partial charge in [-0.2, -0.15) is 5.10 Å². The molecule has 3 heterocycles. The monoisotopic (exact) mass is 647 g/mol. The molecule has 0 saturated carbocycles. The summed E-state index contributed by atoms with van der Waals surface area (Å²) < 4.78 is 1.29. The largest absolute Gasteiger partial charge is 0.355 e. The highest BCUT2D eigenvalue weighted by atomic mass is 35.5. The summed E-state index contributed by atoms with van der Waals surface area (Å²) in [6.45, 7) is 5.97. The zero-order chi connectivity index (χ0) is 31.8. The van der Waals surface area contributed by atoms with Gasteiger partial charge in [-0.05, 0) is 68.1 Å². The maximum atomic E-state index is 13.0. The van der Waals surface area contributed by atoms with Gasteiger partial charge in [-0.1, -0.05) is 65.7 Å². The van der Waals surface area contributed by atoms with Crippen molar-refractivity contribution in [2.45, 2.75) is 39.2 Å². The van der Waals surface area contributed by atoms with Crippen LogP contribution >= 0.6 is 23.2 Å². The molecule has 0 spiro atoms. The molecule has 1 aliphatic rings. The molecule has 3 amide bonds. The van der Waals surface area contributed by atoms with E-state index in [-0.39, 0.29) is 27.3 Å². The molecule has 1 aliphatic heterocycles. The molecule has 0 radical (unpaired) electrons. The van der Waals surface area contributed by atoms with E-state index in [4.69, 9.17) is 23.2 Å². The van der Waals surface area contributed by atoms with Gasteiger partial charge in [-0.25, -0.2) is 9.48 Å². The van der Waals surface area contributed by atoms with E-state index in [0.29, 0.717) is 31.6 Å². The number of anilines is 2. The molecule has 1 saturated heterocycles. The topological polar surface area (TPSA) is 121 Å².